The number of Topliss-reactive ketones (excluding diaryl/α,β-unsaturated/α-hetero) is 1. The van der Waals surface area contributed by atoms with Crippen LogP contribution in [0.25, 0.3) is 0 Å². The van der Waals surface area contributed by atoms with E-state index in [0.717, 1.165) is 12.8 Å². The van der Waals surface area contributed by atoms with Crippen LogP contribution in [-0.2, 0) is 42.8 Å². The fraction of sp³-hybridized carbons (Fsp3) is 0.923. The van der Waals surface area contributed by atoms with E-state index in [-0.39, 0.29) is 35.9 Å². The molecule has 11 heteroatoms. The Bertz CT molecular complexity index is 1090. The molecule has 50 heavy (non-hydrogen) atoms. The lowest BCUT2D eigenvalue weighted by Crippen LogP contribution is -2.58. The molecule has 3 heterocycles. The zero-order valence-electron chi connectivity index (χ0n) is 33.1. The summed E-state index contributed by atoms with van der Waals surface area (Å²) in [6, 6.07) is -0.156. The molecule has 290 valence electrons. The van der Waals surface area contributed by atoms with Crippen molar-refractivity contribution in [2.75, 3.05) is 14.1 Å². The number of esters is 2. The number of carbonyl (C=O) groups excluding carboxylic acids is 3. The quantitative estimate of drug-likeness (QED) is 0.308. The molecule has 3 aliphatic rings. The first-order chi connectivity index (χ1) is 23.4. The van der Waals surface area contributed by atoms with E-state index in [2.05, 4.69) is 6.92 Å². The number of nitrogens with zero attached hydrogens (tertiary/aromatic N) is 1. The summed E-state index contributed by atoms with van der Waals surface area (Å²) >= 11 is 0. The highest BCUT2D eigenvalue weighted by Crippen LogP contribution is 2.38. The number of ketones is 1. The minimum Gasteiger partial charge on any atom is -0.462 e. The van der Waals surface area contributed by atoms with Gasteiger partial charge < -0.3 is 38.4 Å². The molecule has 0 radical (unpaired) electrons. The second kappa shape index (κ2) is 18.9. The van der Waals surface area contributed by atoms with Crippen molar-refractivity contribution in [2.24, 2.45) is 41.4 Å². The van der Waals surface area contributed by atoms with Crippen molar-refractivity contribution < 1.29 is 47.9 Å². The first-order valence-corrected chi connectivity index (χ1v) is 19.2. The van der Waals surface area contributed by atoms with Crippen LogP contribution in [0.15, 0.2) is 0 Å². The van der Waals surface area contributed by atoms with Gasteiger partial charge in [0.15, 0.2) is 18.7 Å². The number of cyclic esters (lactones) is 1. The van der Waals surface area contributed by atoms with Gasteiger partial charge in [0, 0.05) is 37.0 Å². The van der Waals surface area contributed by atoms with Gasteiger partial charge in [0.1, 0.15) is 11.9 Å². The lowest BCUT2D eigenvalue weighted by atomic mass is 9.76. The first-order valence-electron chi connectivity index (χ1n) is 19.2. The molecule has 0 aromatic carbocycles. The monoisotopic (exact) mass is 711 g/mol. The van der Waals surface area contributed by atoms with Gasteiger partial charge in [0.25, 0.3) is 0 Å². The van der Waals surface area contributed by atoms with Crippen molar-refractivity contribution in [3.8, 4) is 0 Å². The normalized spacial score (nSPS) is 44.3. The van der Waals surface area contributed by atoms with Gasteiger partial charge in [-0.25, -0.2) is 0 Å². The number of hydrogen-bond acceptors (Lipinski definition) is 11. The van der Waals surface area contributed by atoms with Crippen LogP contribution in [0.2, 0.25) is 0 Å². The number of carbonyl (C=O) groups is 3. The minimum absolute atomic E-state index is 0.000460. The minimum atomic E-state index is -0.982. The van der Waals surface area contributed by atoms with Gasteiger partial charge in [-0.15, -0.1) is 0 Å². The molecule has 3 saturated heterocycles. The second-order valence-corrected chi connectivity index (χ2v) is 16.4. The van der Waals surface area contributed by atoms with Crippen LogP contribution in [0.5, 0.6) is 0 Å². The number of ether oxygens (including phenoxy) is 6. The van der Waals surface area contributed by atoms with Gasteiger partial charge >= 0.3 is 11.9 Å². The van der Waals surface area contributed by atoms with Crippen LogP contribution in [0, 0.1) is 41.4 Å². The molecule has 3 aliphatic heterocycles. The van der Waals surface area contributed by atoms with Crippen LogP contribution in [0.1, 0.15) is 115 Å². The molecule has 1 N–H and O–H groups in total. The average molecular weight is 712 g/mol. The van der Waals surface area contributed by atoms with Gasteiger partial charge in [0.05, 0.1) is 42.5 Å². The van der Waals surface area contributed by atoms with Gasteiger partial charge in [-0.3, -0.25) is 14.4 Å². The molecule has 0 spiro atoms. The lowest BCUT2D eigenvalue weighted by Gasteiger charge is -2.46. The zero-order valence-corrected chi connectivity index (χ0v) is 33.1. The summed E-state index contributed by atoms with van der Waals surface area (Å²) in [5.74, 6) is -3.36. The average Bonchev–Trinajstić information content (AvgIpc) is 3.03. The predicted molar refractivity (Wildman–Crippen MR) is 190 cm³/mol. The van der Waals surface area contributed by atoms with E-state index in [9.17, 15) is 19.5 Å². The summed E-state index contributed by atoms with van der Waals surface area (Å²) < 4.78 is 38.6. The topological polar surface area (TPSA) is 130 Å². The summed E-state index contributed by atoms with van der Waals surface area (Å²) in [6.07, 6.45) is -1.13. The SMILES string of the molecule is CCC[C@H]1OC(=O)[C@H](C)[C@@H](O[C@H]2CC(C)CC(C)O2)[C@H](C)[C@@H](O[C@@H]2O[C@H](C)CC(N(C)C)C2OC(C)=O)[C@@H](C)C[C@@H](C)C(=O)[C@H](C)[C@@H](O)[C@H]1C. The fourth-order valence-electron chi connectivity index (χ4n) is 8.60. The number of aliphatic hydroxyl groups is 1. The summed E-state index contributed by atoms with van der Waals surface area (Å²) in [6.45, 7) is 21.0. The molecule has 0 aliphatic carbocycles. The Morgan fingerprint density at radius 2 is 1.46 bits per heavy atom. The predicted octanol–water partition coefficient (Wildman–Crippen LogP) is 5.78. The third kappa shape index (κ3) is 10.9. The maximum atomic E-state index is 14.1. The summed E-state index contributed by atoms with van der Waals surface area (Å²) in [5, 5.41) is 11.4. The second-order valence-electron chi connectivity index (χ2n) is 16.4. The number of rotatable bonds is 8. The van der Waals surface area contributed by atoms with Crippen molar-refractivity contribution in [1.29, 1.82) is 0 Å². The van der Waals surface area contributed by atoms with E-state index in [4.69, 9.17) is 28.4 Å². The Hall–Kier alpha value is -1.63. The maximum absolute atomic E-state index is 14.1. The molecular weight excluding hydrogens is 642 g/mol. The van der Waals surface area contributed by atoms with Crippen molar-refractivity contribution in [3.05, 3.63) is 0 Å². The third-order valence-electron chi connectivity index (χ3n) is 11.5. The Morgan fingerprint density at radius 3 is 2.04 bits per heavy atom. The molecule has 0 amide bonds. The fourth-order valence-corrected chi connectivity index (χ4v) is 8.60. The summed E-state index contributed by atoms with van der Waals surface area (Å²) in [4.78, 5) is 42.4. The van der Waals surface area contributed by atoms with Crippen LogP contribution < -0.4 is 0 Å². The van der Waals surface area contributed by atoms with Gasteiger partial charge in [-0.05, 0) is 72.4 Å². The molecule has 4 unspecified atom stereocenters. The summed E-state index contributed by atoms with van der Waals surface area (Å²) in [5.41, 5.74) is 0. The lowest BCUT2D eigenvalue weighted by molar-refractivity contribution is -0.294. The number of aliphatic hydroxyl groups excluding tert-OH is 1. The van der Waals surface area contributed by atoms with Crippen LogP contribution in [-0.4, -0.2) is 103 Å². The van der Waals surface area contributed by atoms with E-state index < -0.39 is 78.7 Å². The van der Waals surface area contributed by atoms with E-state index in [1.165, 1.54) is 6.92 Å². The number of likely N-dealkylation sites (N-methyl/N-ethyl adjacent to an activating group) is 1. The van der Waals surface area contributed by atoms with Crippen LogP contribution >= 0.6 is 0 Å². The Labute approximate surface area is 301 Å². The molecule has 0 aromatic heterocycles. The third-order valence-corrected chi connectivity index (χ3v) is 11.5. The van der Waals surface area contributed by atoms with E-state index in [1.807, 2.05) is 74.4 Å². The van der Waals surface area contributed by atoms with Crippen LogP contribution in [0.3, 0.4) is 0 Å². The van der Waals surface area contributed by atoms with Crippen molar-refractivity contribution >= 4 is 17.7 Å². The number of hydrogen-bond donors (Lipinski definition) is 1. The first kappa shape index (κ1) is 42.8. The van der Waals surface area contributed by atoms with E-state index >= 15 is 0 Å². The molecule has 3 rings (SSSR count). The molecule has 0 saturated carbocycles. The highest BCUT2D eigenvalue weighted by Gasteiger charge is 2.48. The van der Waals surface area contributed by atoms with E-state index in [0.29, 0.717) is 31.6 Å². The van der Waals surface area contributed by atoms with Gasteiger partial charge in [-0.2, -0.15) is 0 Å². The maximum Gasteiger partial charge on any atom is 0.311 e. The van der Waals surface area contributed by atoms with Gasteiger partial charge in [0.2, 0.25) is 0 Å². The molecular formula is C39H69NO10. The van der Waals surface area contributed by atoms with Crippen LogP contribution in [0.4, 0.5) is 0 Å². The molecule has 0 aromatic rings. The van der Waals surface area contributed by atoms with Crippen molar-refractivity contribution in [2.45, 2.75) is 176 Å². The smallest absolute Gasteiger partial charge is 0.311 e. The van der Waals surface area contributed by atoms with Gasteiger partial charge in [-0.1, -0.05) is 54.9 Å². The summed E-state index contributed by atoms with van der Waals surface area (Å²) in [7, 11) is 3.89. The largest absolute Gasteiger partial charge is 0.462 e. The molecule has 11 nitrogen and oxygen atoms in total. The Kier molecular flexibility index (Phi) is 16.2. The standard InChI is InChI=1S/C39H69NO10/c1-14-15-31-25(7)34(43)26(8)33(42)21(3)18-22(4)35(50-39-37(47-29(11)41)30(40(12)13)19-24(6)46-39)27(9)36(28(10)38(44)48-31)49-32-17-20(2)16-23(5)45-32/h20-28,30-32,34-37,39,43H,14-19H2,1-13H3/t20?,21-,22+,23?,24-,25+,26+,27-,28-,30?,31-,32+,34+,35+,36+,37?,39+/m1/s1. The molecule has 17 atom stereocenters. The Morgan fingerprint density at radius 1 is 0.820 bits per heavy atom. The Balaban J connectivity index is 2.13. The van der Waals surface area contributed by atoms with Crippen molar-refractivity contribution in [1.82, 2.24) is 4.90 Å². The zero-order chi connectivity index (χ0) is 37.6. The highest BCUT2D eigenvalue weighted by molar-refractivity contribution is 5.83. The molecule has 3 fully saturated rings. The van der Waals surface area contributed by atoms with Crippen molar-refractivity contribution in [3.63, 3.8) is 0 Å². The molecule has 0 bridgehead atoms. The van der Waals surface area contributed by atoms with E-state index in [1.54, 1.807) is 6.92 Å². The highest BCUT2D eigenvalue weighted by atomic mass is 16.7.